The first-order valence-corrected chi connectivity index (χ1v) is 24.4. The maximum Gasteiger partial charge on any atom is 0.472 e. The van der Waals surface area contributed by atoms with E-state index in [4.69, 9.17) is 14.8 Å². The number of hydrogen-bond donors (Lipinski definition) is 4. The largest absolute Gasteiger partial charge is 0.472 e. The number of phosphoric ester groups is 1. The van der Waals surface area contributed by atoms with E-state index in [1.54, 1.807) is 6.08 Å². The molecular formula is C47H87N2O6P. The molecule has 0 aromatic rings. The maximum atomic E-state index is 12.8. The topological polar surface area (TPSA) is 131 Å². The summed E-state index contributed by atoms with van der Waals surface area (Å²) in [5, 5.41) is 13.7. The van der Waals surface area contributed by atoms with Crippen LogP contribution in [-0.2, 0) is 18.4 Å². The fourth-order valence-electron chi connectivity index (χ4n) is 6.40. The third-order valence-corrected chi connectivity index (χ3v) is 10.8. The number of carbonyl (C=O) groups is 1. The third-order valence-electron chi connectivity index (χ3n) is 9.83. The van der Waals surface area contributed by atoms with Gasteiger partial charge in [-0.3, -0.25) is 13.8 Å². The Morgan fingerprint density at radius 2 is 1.05 bits per heavy atom. The summed E-state index contributed by atoms with van der Waals surface area (Å²) in [5.74, 6) is -0.216. The number of rotatable bonds is 42. The number of hydrogen-bond acceptors (Lipinski definition) is 6. The minimum atomic E-state index is -4.35. The zero-order chi connectivity index (χ0) is 41.1. The fraction of sp³-hybridized carbons (Fsp3) is 0.766. The lowest BCUT2D eigenvalue weighted by Gasteiger charge is -2.23. The summed E-state index contributed by atoms with van der Waals surface area (Å²) < 4.78 is 22.1. The van der Waals surface area contributed by atoms with Gasteiger partial charge < -0.3 is 21.1 Å². The molecule has 56 heavy (non-hydrogen) atoms. The molecule has 0 saturated heterocycles. The molecule has 0 aliphatic heterocycles. The van der Waals surface area contributed by atoms with E-state index in [-0.39, 0.29) is 25.7 Å². The van der Waals surface area contributed by atoms with Gasteiger partial charge >= 0.3 is 7.82 Å². The molecule has 0 rings (SSSR count). The summed E-state index contributed by atoms with van der Waals surface area (Å²) >= 11 is 0. The number of amides is 1. The minimum absolute atomic E-state index is 0.0699. The number of phosphoric acid groups is 1. The van der Waals surface area contributed by atoms with E-state index in [9.17, 15) is 19.4 Å². The van der Waals surface area contributed by atoms with Crippen molar-refractivity contribution in [3.8, 4) is 0 Å². The normalized spacial score (nSPS) is 14.6. The molecule has 0 bridgehead atoms. The monoisotopic (exact) mass is 807 g/mol. The lowest BCUT2D eigenvalue weighted by molar-refractivity contribution is -0.123. The first-order valence-electron chi connectivity index (χ1n) is 22.9. The lowest BCUT2D eigenvalue weighted by atomic mass is 10.0. The Kier molecular flexibility index (Phi) is 41.4. The highest BCUT2D eigenvalue weighted by atomic mass is 31.2. The van der Waals surface area contributed by atoms with Gasteiger partial charge in [0.05, 0.1) is 25.4 Å². The molecule has 0 radical (unpaired) electrons. The number of nitrogens with two attached hydrogens (primary N) is 1. The standard InChI is InChI=1S/C47H87N2O6P/c1-3-5-7-9-11-13-15-17-19-21-22-23-25-26-28-30-32-34-36-38-40-46(50)45(44-55-56(52,53)54-43-42-48)49-47(51)41-39-37-35-33-31-29-27-24-20-18-16-14-12-10-8-6-4-2/h6,8,12,14,18,20,30,32,38,40,45-46,50H,3-5,7,9-11,13,15-17,19,21-29,31,33-37,39,41-44,48H2,1-2H3,(H,49,51)(H,52,53)/b8-6-,14-12-,20-18-,32-30+,40-38+. The van der Waals surface area contributed by atoms with Crippen LogP contribution < -0.4 is 11.1 Å². The van der Waals surface area contributed by atoms with Crippen molar-refractivity contribution in [1.29, 1.82) is 0 Å². The Morgan fingerprint density at radius 1 is 0.607 bits per heavy atom. The third kappa shape index (κ3) is 40.4. The molecule has 326 valence electrons. The summed E-state index contributed by atoms with van der Waals surface area (Å²) in [6.07, 6.45) is 54.2. The van der Waals surface area contributed by atoms with Gasteiger partial charge in [0.2, 0.25) is 5.91 Å². The highest BCUT2D eigenvalue weighted by Crippen LogP contribution is 2.43. The molecule has 8 nitrogen and oxygen atoms in total. The van der Waals surface area contributed by atoms with Crippen molar-refractivity contribution in [2.24, 2.45) is 5.73 Å². The van der Waals surface area contributed by atoms with Gasteiger partial charge in [0, 0.05) is 13.0 Å². The van der Waals surface area contributed by atoms with Crippen LogP contribution in [0.4, 0.5) is 0 Å². The van der Waals surface area contributed by atoms with Crippen LogP contribution in [-0.4, -0.2) is 47.8 Å². The van der Waals surface area contributed by atoms with Crippen LogP contribution in [0.2, 0.25) is 0 Å². The Morgan fingerprint density at radius 3 is 1.59 bits per heavy atom. The predicted molar refractivity (Wildman–Crippen MR) is 240 cm³/mol. The van der Waals surface area contributed by atoms with Crippen LogP contribution in [0.3, 0.4) is 0 Å². The second-order valence-electron chi connectivity index (χ2n) is 15.2. The second-order valence-corrected chi connectivity index (χ2v) is 16.7. The number of aliphatic hydroxyl groups excluding tert-OH is 1. The van der Waals surface area contributed by atoms with Gasteiger partial charge in [0.25, 0.3) is 0 Å². The summed E-state index contributed by atoms with van der Waals surface area (Å²) in [4.78, 5) is 22.7. The molecule has 0 fully saturated rings. The Bertz CT molecular complexity index is 1060. The number of nitrogens with one attached hydrogen (secondary N) is 1. The molecule has 0 aliphatic carbocycles. The SMILES string of the molecule is CC/C=C\C/C=C\C/C=C\CCCCCCCCCC(=O)NC(COP(=O)(O)OCCN)C(O)/C=C/CC/C=C/CCCCCCCCCCCCCCCC. The van der Waals surface area contributed by atoms with Crippen molar-refractivity contribution < 1.29 is 28.4 Å². The van der Waals surface area contributed by atoms with Crippen LogP contribution in [0.1, 0.15) is 200 Å². The average Bonchev–Trinajstić information content (AvgIpc) is 3.19. The molecule has 5 N–H and O–H groups in total. The second kappa shape index (κ2) is 42.8. The van der Waals surface area contributed by atoms with Crippen molar-refractivity contribution in [3.05, 3.63) is 60.8 Å². The van der Waals surface area contributed by atoms with Crippen molar-refractivity contribution in [3.63, 3.8) is 0 Å². The number of carbonyl (C=O) groups excluding carboxylic acids is 1. The first kappa shape index (κ1) is 54.2. The Labute approximate surface area is 344 Å². The number of aliphatic hydroxyl groups is 1. The predicted octanol–water partition coefficient (Wildman–Crippen LogP) is 13.1. The molecule has 3 atom stereocenters. The van der Waals surface area contributed by atoms with Gasteiger partial charge in [-0.05, 0) is 64.2 Å². The molecule has 1 amide bonds. The van der Waals surface area contributed by atoms with E-state index in [2.05, 4.69) is 67.8 Å². The summed E-state index contributed by atoms with van der Waals surface area (Å²) in [7, 11) is -4.35. The molecular weight excluding hydrogens is 719 g/mol. The molecule has 0 saturated carbocycles. The van der Waals surface area contributed by atoms with Gasteiger partial charge in [0.1, 0.15) is 0 Å². The molecule has 0 aromatic carbocycles. The molecule has 3 unspecified atom stereocenters. The lowest BCUT2D eigenvalue weighted by Crippen LogP contribution is -2.45. The number of allylic oxidation sites excluding steroid dienone is 9. The summed E-state index contributed by atoms with van der Waals surface area (Å²) in [6, 6.07) is -0.885. The Balaban J connectivity index is 4.25. The van der Waals surface area contributed by atoms with E-state index in [1.165, 1.54) is 109 Å². The maximum absolute atomic E-state index is 12.8. The van der Waals surface area contributed by atoms with Crippen molar-refractivity contribution >= 4 is 13.7 Å². The van der Waals surface area contributed by atoms with E-state index >= 15 is 0 Å². The number of unbranched alkanes of at least 4 members (excludes halogenated alkanes) is 22. The first-order chi connectivity index (χ1) is 27.4. The zero-order valence-electron chi connectivity index (χ0n) is 36.1. The van der Waals surface area contributed by atoms with Crippen molar-refractivity contribution in [2.45, 2.75) is 212 Å². The van der Waals surface area contributed by atoms with Crippen LogP contribution in [0.15, 0.2) is 60.8 Å². The van der Waals surface area contributed by atoms with Crippen molar-refractivity contribution in [2.75, 3.05) is 19.8 Å². The van der Waals surface area contributed by atoms with Crippen molar-refractivity contribution in [1.82, 2.24) is 5.32 Å². The minimum Gasteiger partial charge on any atom is -0.387 e. The van der Waals surface area contributed by atoms with Crippen LogP contribution in [0, 0.1) is 0 Å². The Hall–Kier alpha value is -1.80. The van der Waals surface area contributed by atoms with Gasteiger partial charge in [-0.2, -0.15) is 0 Å². The van der Waals surface area contributed by atoms with E-state index < -0.39 is 20.0 Å². The molecule has 9 heteroatoms. The highest BCUT2D eigenvalue weighted by Gasteiger charge is 2.26. The van der Waals surface area contributed by atoms with Crippen LogP contribution >= 0.6 is 7.82 Å². The smallest absolute Gasteiger partial charge is 0.387 e. The van der Waals surface area contributed by atoms with Crippen LogP contribution in [0.25, 0.3) is 0 Å². The molecule has 0 aliphatic rings. The molecule has 0 spiro atoms. The average molecular weight is 807 g/mol. The van der Waals surface area contributed by atoms with Gasteiger partial charge in [-0.15, -0.1) is 0 Å². The van der Waals surface area contributed by atoms with Gasteiger partial charge in [-0.1, -0.05) is 190 Å². The highest BCUT2D eigenvalue weighted by molar-refractivity contribution is 7.47. The van der Waals surface area contributed by atoms with E-state index in [0.717, 1.165) is 70.6 Å². The van der Waals surface area contributed by atoms with E-state index in [0.29, 0.717) is 6.42 Å². The molecule has 0 aromatic heterocycles. The summed E-state index contributed by atoms with van der Waals surface area (Å²) in [5.41, 5.74) is 5.38. The quantitative estimate of drug-likeness (QED) is 0.0274. The fourth-order valence-corrected chi connectivity index (χ4v) is 7.16. The van der Waals surface area contributed by atoms with E-state index in [1.807, 2.05) is 6.08 Å². The van der Waals surface area contributed by atoms with Gasteiger partial charge in [0.15, 0.2) is 0 Å². The zero-order valence-corrected chi connectivity index (χ0v) is 37.0. The summed E-state index contributed by atoms with van der Waals surface area (Å²) in [6.45, 7) is 4.00. The molecule has 0 heterocycles. The van der Waals surface area contributed by atoms with Crippen LogP contribution in [0.5, 0.6) is 0 Å². The van der Waals surface area contributed by atoms with Gasteiger partial charge in [-0.25, -0.2) is 4.57 Å².